The molecule has 0 amide bonds. The highest BCUT2D eigenvalue weighted by Crippen LogP contribution is 2.44. The van der Waals surface area contributed by atoms with Crippen LogP contribution in [0, 0.1) is 0 Å². The molecule has 1 aliphatic rings. The number of benzene rings is 1. The van der Waals surface area contributed by atoms with Crippen molar-refractivity contribution in [3.8, 4) is 11.5 Å². The summed E-state index contributed by atoms with van der Waals surface area (Å²) in [5.74, 6) is -0.0768. The quantitative estimate of drug-likeness (QED) is 0.790. The van der Waals surface area contributed by atoms with E-state index in [1.54, 1.807) is 37.3 Å². The number of hydrogen-bond donors (Lipinski definition) is 0. The Morgan fingerprint density at radius 1 is 1.26 bits per heavy atom. The van der Waals surface area contributed by atoms with Crippen molar-refractivity contribution in [1.29, 1.82) is 0 Å². The summed E-state index contributed by atoms with van der Waals surface area (Å²) < 4.78 is 11.6. The first kappa shape index (κ1) is 12.0. The summed E-state index contributed by atoms with van der Waals surface area (Å²) in [5.41, 5.74) is 1.04. The van der Waals surface area contributed by atoms with E-state index >= 15 is 0 Å². The SMILES string of the molecule is C[C@@]1(c2ccc(Cl)cn2)Oc2cccc(C=O)c2O1. The van der Waals surface area contributed by atoms with Crippen LogP contribution in [-0.4, -0.2) is 11.3 Å². The second-order valence-electron chi connectivity index (χ2n) is 4.30. The first-order valence-electron chi connectivity index (χ1n) is 5.71. The zero-order valence-corrected chi connectivity index (χ0v) is 10.8. The summed E-state index contributed by atoms with van der Waals surface area (Å²) in [6, 6.07) is 8.62. The number of halogens is 1. The summed E-state index contributed by atoms with van der Waals surface area (Å²) in [5, 5.41) is 0.538. The van der Waals surface area contributed by atoms with Crippen LogP contribution in [0.15, 0.2) is 36.5 Å². The fraction of sp³-hybridized carbons (Fsp3) is 0.143. The number of fused-ring (bicyclic) bond motifs is 1. The van der Waals surface area contributed by atoms with Gasteiger partial charge in [0.15, 0.2) is 17.8 Å². The minimum absolute atomic E-state index is 0.441. The van der Waals surface area contributed by atoms with E-state index in [1.165, 1.54) is 6.20 Å². The minimum atomic E-state index is -1.05. The highest BCUT2D eigenvalue weighted by atomic mass is 35.5. The van der Waals surface area contributed by atoms with Crippen molar-refractivity contribution in [1.82, 2.24) is 4.98 Å². The molecule has 0 radical (unpaired) electrons. The first-order valence-corrected chi connectivity index (χ1v) is 6.08. The highest BCUT2D eigenvalue weighted by molar-refractivity contribution is 6.30. The summed E-state index contributed by atoms with van der Waals surface area (Å²) >= 11 is 5.81. The number of nitrogens with zero attached hydrogens (tertiary/aromatic N) is 1. The average Bonchev–Trinajstić information content (AvgIpc) is 2.76. The Balaban J connectivity index is 2.02. The number of carbonyl (C=O) groups excluding carboxylic acids is 1. The van der Waals surface area contributed by atoms with E-state index < -0.39 is 5.79 Å². The lowest BCUT2D eigenvalue weighted by Crippen LogP contribution is -2.32. The summed E-state index contributed by atoms with van der Waals surface area (Å²) in [7, 11) is 0. The van der Waals surface area contributed by atoms with E-state index in [2.05, 4.69) is 4.98 Å². The molecular formula is C14H10ClNO3. The molecule has 0 saturated heterocycles. The first-order chi connectivity index (χ1) is 9.12. The van der Waals surface area contributed by atoms with Crippen LogP contribution in [0.4, 0.5) is 0 Å². The van der Waals surface area contributed by atoms with Gasteiger partial charge >= 0.3 is 0 Å². The molecule has 4 nitrogen and oxygen atoms in total. The third-order valence-corrected chi connectivity index (χ3v) is 3.15. The fourth-order valence-corrected chi connectivity index (χ4v) is 2.10. The van der Waals surface area contributed by atoms with Gasteiger partial charge in [0.2, 0.25) is 0 Å². The van der Waals surface area contributed by atoms with Gasteiger partial charge in [-0.2, -0.15) is 0 Å². The molecule has 96 valence electrons. The number of pyridine rings is 1. The number of rotatable bonds is 2. The minimum Gasteiger partial charge on any atom is -0.443 e. The van der Waals surface area contributed by atoms with Gasteiger partial charge in [0.25, 0.3) is 5.79 Å². The molecule has 3 rings (SSSR count). The van der Waals surface area contributed by atoms with Crippen molar-refractivity contribution in [2.75, 3.05) is 0 Å². The summed E-state index contributed by atoms with van der Waals surface area (Å²) in [4.78, 5) is 15.2. The number of aromatic nitrogens is 1. The molecule has 0 saturated carbocycles. The maximum Gasteiger partial charge on any atom is 0.292 e. The van der Waals surface area contributed by atoms with Crippen LogP contribution in [0.3, 0.4) is 0 Å². The van der Waals surface area contributed by atoms with Crippen molar-refractivity contribution in [3.05, 3.63) is 52.8 Å². The second-order valence-corrected chi connectivity index (χ2v) is 4.74. The molecule has 0 spiro atoms. The van der Waals surface area contributed by atoms with E-state index in [4.69, 9.17) is 21.1 Å². The van der Waals surface area contributed by atoms with Crippen molar-refractivity contribution < 1.29 is 14.3 Å². The Morgan fingerprint density at radius 2 is 2.11 bits per heavy atom. The average molecular weight is 276 g/mol. The molecule has 19 heavy (non-hydrogen) atoms. The van der Waals surface area contributed by atoms with Crippen LogP contribution < -0.4 is 9.47 Å². The van der Waals surface area contributed by atoms with Gasteiger partial charge in [-0.05, 0) is 24.3 Å². The number of hydrogen-bond acceptors (Lipinski definition) is 4. The Labute approximate surface area is 114 Å². The second kappa shape index (κ2) is 4.24. The van der Waals surface area contributed by atoms with Crippen LogP contribution in [0.2, 0.25) is 5.02 Å². The van der Waals surface area contributed by atoms with Crippen LogP contribution in [-0.2, 0) is 5.79 Å². The largest absolute Gasteiger partial charge is 0.443 e. The molecule has 0 unspecified atom stereocenters. The molecule has 5 heteroatoms. The third kappa shape index (κ3) is 1.94. The van der Waals surface area contributed by atoms with Crippen LogP contribution in [0.5, 0.6) is 11.5 Å². The van der Waals surface area contributed by atoms with Gasteiger partial charge in [0.1, 0.15) is 5.69 Å². The van der Waals surface area contributed by atoms with Gasteiger partial charge in [0.05, 0.1) is 10.6 Å². The summed E-state index contributed by atoms with van der Waals surface area (Å²) in [6.45, 7) is 1.75. The Bertz CT molecular complexity index is 642. The van der Waals surface area contributed by atoms with Gasteiger partial charge in [-0.25, -0.2) is 0 Å². The van der Waals surface area contributed by atoms with Crippen LogP contribution in [0.1, 0.15) is 23.0 Å². The lowest BCUT2D eigenvalue weighted by molar-refractivity contribution is -0.0718. The van der Waals surface area contributed by atoms with Gasteiger partial charge in [0, 0.05) is 13.1 Å². The normalized spacial score (nSPS) is 20.3. The fourth-order valence-electron chi connectivity index (χ4n) is 1.99. The van der Waals surface area contributed by atoms with Crippen molar-refractivity contribution in [2.24, 2.45) is 0 Å². The number of para-hydroxylation sites is 1. The zero-order valence-electron chi connectivity index (χ0n) is 10.1. The lowest BCUT2D eigenvalue weighted by atomic mass is 10.2. The Kier molecular flexibility index (Phi) is 2.68. The molecule has 0 fully saturated rings. The van der Waals surface area contributed by atoms with Crippen molar-refractivity contribution in [2.45, 2.75) is 12.7 Å². The van der Waals surface area contributed by atoms with E-state index in [-0.39, 0.29) is 0 Å². The van der Waals surface area contributed by atoms with Gasteiger partial charge < -0.3 is 9.47 Å². The molecular weight excluding hydrogens is 266 g/mol. The van der Waals surface area contributed by atoms with Crippen molar-refractivity contribution in [3.63, 3.8) is 0 Å². The molecule has 1 aromatic carbocycles. The van der Waals surface area contributed by atoms with E-state index in [0.29, 0.717) is 27.8 Å². The molecule has 2 heterocycles. The van der Waals surface area contributed by atoms with Crippen LogP contribution >= 0.6 is 11.6 Å². The smallest absolute Gasteiger partial charge is 0.292 e. The molecule has 2 aromatic rings. The molecule has 0 N–H and O–H groups in total. The molecule has 0 bridgehead atoms. The van der Waals surface area contributed by atoms with Gasteiger partial charge in [-0.3, -0.25) is 9.78 Å². The van der Waals surface area contributed by atoms with Crippen LogP contribution in [0.25, 0.3) is 0 Å². The molecule has 1 aromatic heterocycles. The summed E-state index contributed by atoms with van der Waals surface area (Å²) in [6.07, 6.45) is 2.27. The lowest BCUT2D eigenvalue weighted by Gasteiger charge is -2.22. The molecule has 1 aliphatic heterocycles. The van der Waals surface area contributed by atoms with E-state index in [0.717, 1.165) is 6.29 Å². The molecule has 0 aliphatic carbocycles. The van der Waals surface area contributed by atoms with Gasteiger partial charge in [-0.1, -0.05) is 17.7 Å². The zero-order chi connectivity index (χ0) is 13.5. The standard InChI is InChI=1S/C14H10ClNO3/c1-14(12-6-5-10(15)7-16-12)18-11-4-2-3-9(8-17)13(11)19-14/h2-8H,1H3/t14-/m1/s1. The Hall–Kier alpha value is -2.07. The maximum atomic E-state index is 11.0. The Morgan fingerprint density at radius 3 is 2.79 bits per heavy atom. The predicted molar refractivity (Wildman–Crippen MR) is 69.7 cm³/mol. The third-order valence-electron chi connectivity index (χ3n) is 2.93. The monoisotopic (exact) mass is 275 g/mol. The number of carbonyl (C=O) groups is 1. The topological polar surface area (TPSA) is 48.4 Å². The van der Waals surface area contributed by atoms with E-state index in [1.807, 2.05) is 0 Å². The highest BCUT2D eigenvalue weighted by Gasteiger charge is 2.41. The van der Waals surface area contributed by atoms with Gasteiger partial charge in [-0.15, -0.1) is 0 Å². The predicted octanol–water partition coefficient (Wildman–Crippen LogP) is 3.19. The number of aldehydes is 1. The van der Waals surface area contributed by atoms with Crippen molar-refractivity contribution >= 4 is 17.9 Å². The maximum absolute atomic E-state index is 11.0. The van der Waals surface area contributed by atoms with E-state index in [9.17, 15) is 4.79 Å². The molecule has 1 atom stereocenters. The number of ether oxygens (including phenoxy) is 2.